The number of allylic oxidation sites excluding steroid dienone is 20. The van der Waals surface area contributed by atoms with Gasteiger partial charge in [-0.15, -0.1) is 0 Å². The van der Waals surface area contributed by atoms with E-state index in [0.29, 0.717) is 32.1 Å². The maximum Gasteiger partial charge on any atom is 0.472 e. The number of phosphoric ester groups is 2. The summed E-state index contributed by atoms with van der Waals surface area (Å²) in [7, 11) is -9.99. The first-order valence-electron chi connectivity index (χ1n) is 39.8. The number of rotatable bonds is 74. The molecule has 5 atom stereocenters. The van der Waals surface area contributed by atoms with E-state index >= 15 is 0 Å². The monoisotopic (exact) mass is 1470 g/mol. The average molecular weight is 1470 g/mol. The fourth-order valence-corrected chi connectivity index (χ4v) is 11.8. The average Bonchev–Trinajstić information content (AvgIpc) is 0.917. The number of unbranched alkanes of at least 4 members (excludes halogenated alkanes) is 29. The van der Waals surface area contributed by atoms with Crippen LogP contribution in [-0.2, 0) is 65.4 Å². The molecule has 0 aromatic rings. The molecular formula is C83H142O17P2. The van der Waals surface area contributed by atoms with Crippen LogP contribution in [0.25, 0.3) is 0 Å². The molecule has 0 rings (SSSR count). The summed E-state index contributed by atoms with van der Waals surface area (Å²) in [6, 6.07) is 0. The number of phosphoric acid groups is 2. The fraction of sp³-hybridized carbons (Fsp3) is 0.711. The van der Waals surface area contributed by atoms with Gasteiger partial charge in [-0.05, 0) is 154 Å². The second-order valence-corrected chi connectivity index (χ2v) is 29.2. The van der Waals surface area contributed by atoms with E-state index in [4.69, 9.17) is 37.0 Å². The molecule has 0 saturated heterocycles. The summed E-state index contributed by atoms with van der Waals surface area (Å²) in [5.74, 6) is -2.28. The minimum atomic E-state index is -5.00. The highest BCUT2D eigenvalue weighted by atomic mass is 31.2. The molecule has 0 fully saturated rings. The maximum atomic E-state index is 13.1. The van der Waals surface area contributed by atoms with Crippen LogP contribution in [-0.4, -0.2) is 96.7 Å². The van der Waals surface area contributed by atoms with E-state index in [1.807, 2.05) is 12.2 Å². The zero-order valence-electron chi connectivity index (χ0n) is 64.0. The Morgan fingerprint density at radius 1 is 0.284 bits per heavy atom. The Labute approximate surface area is 619 Å². The highest BCUT2D eigenvalue weighted by molar-refractivity contribution is 7.47. The third kappa shape index (κ3) is 73.8. The molecule has 17 nitrogen and oxygen atoms in total. The van der Waals surface area contributed by atoms with Crippen LogP contribution in [0.15, 0.2) is 122 Å². The second-order valence-electron chi connectivity index (χ2n) is 26.3. The molecule has 586 valence electrons. The van der Waals surface area contributed by atoms with Gasteiger partial charge in [0.2, 0.25) is 0 Å². The van der Waals surface area contributed by atoms with Crippen molar-refractivity contribution in [3.05, 3.63) is 122 Å². The van der Waals surface area contributed by atoms with Crippen molar-refractivity contribution in [2.24, 2.45) is 0 Å². The first kappa shape index (κ1) is 97.5. The van der Waals surface area contributed by atoms with Gasteiger partial charge >= 0.3 is 39.5 Å². The number of hydrogen-bond donors (Lipinski definition) is 3. The van der Waals surface area contributed by atoms with Crippen molar-refractivity contribution in [3.63, 3.8) is 0 Å². The number of hydrogen-bond acceptors (Lipinski definition) is 15. The van der Waals surface area contributed by atoms with Crippen molar-refractivity contribution in [1.29, 1.82) is 0 Å². The normalized spacial score (nSPS) is 14.5. The fourth-order valence-electron chi connectivity index (χ4n) is 10.3. The molecule has 0 saturated carbocycles. The summed E-state index contributed by atoms with van der Waals surface area (Å²) in [4.78, 5) is 73.0. The summed E-state index contributed by atoms with van der Waals surface area (Å²) >= 11 is 0. The largest absolute Gasteiger partial charge is 0.472 e. The number of aliphatic hydroxyl groups is 1. The van der Waals surface area contributed by atoms with Crippen molar-refractivity contribution >= 4 is 39.5 Å². The van der Waals surface area contributed by atoms with Crippen LogP contribution in [0.3, 0.4) is 0 Å². The van der Waals surface area contributed by atoms with Gasteiger partial charge in [0.25, 0.3) is 0 Å². The Balaban J connectivity index is 5.45. The van der Waals surface area contributed by atoms with Crippen molar-refractivity contribution in [3.8, 4) is 0 Å². The Bertz CT molecular complexity index is 2410. The van der Waals surface area contributed by atoms with Gasteiger partial charge in [-0.3, -0.25) is 37.3 Å². The van der Waals surface area contributed by atoms with Gasteiger partial charge in [0, 0.05) is 25.7 Å². The van der Waals surface area contributed by atoms with Crippen LogP contribution < -0.4 is 0 Å². The van der Waals surface area contributed by atoms with Crippen molar-refractivity contribution in [2.75, 3.05) is 39.6 Å². The highest BCUT2D eigenvalue weighted by Gasteiger charge is 2.30. The topological polar surface area (TPSA) is 237 Å². The summed E-state index contributed by atoms with van der Waals surface area (Å²) < 4.78 is 68.5. The van der Waals surface area contributed by atoms with E-state index in [-0.39, 0.29) is 25.7 Å². The first-order valence-corrected chi connectivity index (χ1v) is 42.8. The van der Waals surface area contributed by atoms with E-state index in [1.54, 1.807) is 0 Å². The zero-order chi connectivity index (χ0) is 74.6. The zero-order valence-corrected chi connectivity index (χ0v) is 65.8. The molecule has 3 N–H and O–H groups in total. The molecule has 0 aliphatic rings. The Morgan fingerprint density at radius 2 is 0.520 bits per heavy atom. The minimum Gasteiger partial charge on any atom is -0.462 e. The Kier molecular flexibility index (Phi) is 71.4. The quantitative estimate of drug-likeness (QED) is 0.0128. The summed E-state index contributed by atoms with van der Waals surface area (Å²) in [6.45, 7) is 4.67. The molecule has 102 heavy (non-hydrogen) atoms. The molecular weight excluding hydrogens is 1330 g/mol. The minimum absolute atomic E-state index is 0.0136. The number of ether oxygens (including phenoxy) is 4. The second kappa shape index (κ2) is 74.7. The van der Waals surface area contributed by atoms with E-state index in [0.717, 1.165) is 154 Å². The number of aliphatic hydroxyl groups excluding tert-OH is 1. The Hall–Kier alpha value is -4.54. The lowest BCUT2D eigenvalue weighted by Gasteiger charge is -2.21. The smallest absolute Gasteiger partial charge is 0.462 e. The molecule has 0 heterocycles. The molecule has 0 aliphatic heterocycles. The van der Waals surface area contributed by atoms with Crippen LogP contribution in [0.2, 0.25) is 0 Å². The third-order valence-electron chi connectivity index (χ3n) is 16.4. The predicted molar refractivity (Wildman–Crippen MR) is 418 cm³/mol. The van der Waals surface area contributed by atoms with Crippen LogP contribution in [0, 0.1) is 0 Å². The van der Waals surface area contributed by atoms with Crippen molar-refractivity contribution in [1.82, 2.24) is 0 Å². The van der Waals surface area contributed by atoms with Gasteiger partial charge in [0.1, 0.15) is 19.3 Å². The predicted octanol–water partition coefficient (Wildman–Crippen LogP) is 23.1. The number of carbonyl (C=O) groups excluding carboxylic acids is 4. The van der Waals surface area contributed by atoms with Crippen LogP contribution in [0.5, 0.6) is 0 Å². The molecule has 0 aromatic carbocycles. The molecule has 0 radical (unpaired) electrons. The Morgan fingerprint density at radius 3 is 0.853 bits per heavy atom. The van der Waals surface area contributed by atoms with E-state index in [2.05, 4.69) is 137 Å². The maximum absolute atomic E-state index is 13.1. The molecule has 0 spiro atoms. The molecule has 19 heteroatoms. The lowest BCUT2D eigenvalue weighted by Crippen LogP contribution is -2.30. The summed E-state index contributed by atoms with van der Waals surface area (Å²) in [5.41, 5.74) is 0. The summed E-state index contributed by atoms with van der Waals surface area (Å²) in [5, 5.41) is 10.6. The molecule has 0 bridgehead atoms. The highest BCUT2D eigenvalue weighted by Crippen LogP contribution is 2.45. The summed E-state index contributed by atoms with van der Waals surface area (Å²) in [6.07, 6.45) is 81.8. The lowest BCUT2D eigenvalue weighted by atomic mass is 10.1. The van der Waals surface area contributed by atoms with Crippen LogP contribution in [0.1, 0.15) is 323 Å². The van der Waals surface area contributed by atoms with Crippen molar-refractivity contribution in [2.45, 2.75) is 341 Å². The molecule has 0 amide bonds. The van der Waals surface area contributed by atoms with E-state index < -0.39 is 97.5 Å². The van der Waals surface area contributed by atoms with Gasteiger partial charge < -0.3 is 33.8 Å². The van der Waals surface area contributed by atoms with Crippen molar-refractivity contribution < 1.29 is 80.2 Å². The van der Waals surface area contributed by atoms with Gasteiger partial charge in [0.05, 0.1) is 26.4 Å². The van der Waals surface area contributed by atoms with Crippen LogP contribution in [0.4, 0.5) is 0 Å². The SMILES string of the molecule is CCCCC/C=C\C/C=C\C/C=C\C/C=C\CCCC(=O)O[C@H](COC(=O)CCCCCCC/C=C\C/C=C\CCCCC)COP(=O)(O)OC[C@H](O)COP(=O)(O)OC[C@@H](COC(=O)CCCCCCC/C=C\C/C=C\CCCCC)OC(=O)CCCCCCC/C=C\C=C/CCCCCC. The van der Waals surface area contributed by atoms with Crippen LogP contribution >= 0.6 is 15.6 Å². The molecule has 0 aliphatic carbocycles. The van der Waals surface area contributed by atoms with Gasteiger partial charge in [-0.2, -0.15) is 0 Å². The molecule has 0 aromatic heterocycles. The third-order valence-corrected chi connectivity index (χ3v) is 18.3. The van der Waals surface area contributed by atoms with Gasteiger partial charge in [-0.1, -0.05) is 265 Å². The standard InChI is InChI=1S/C83H142O17P2/c1-5-9-13-17-21-25-29-33-37-38-42-46-50-54-58-62-66-70-83(88)100-79(74-94-81(86)68-64-60-56-52-48-44-40-35-31-27-23-19-15-11-7-3)76-98-102(91,92)96-72-77(84)71-95-101(89,90)97-75-78(99-82(87)69-65-61-57-53-49-45-41-36-32-28-24-20-16-12-8-4)73-93-80(85)67-63-59-55-51-47-43-39-34-30-26-22-18-14-10-6-2/h21-23,25-28,32-37,39-42,46,54,58,77-79,84H,5-20,24,29-31,38,43-45,47-53,55-57,59-76H2,1-4H3,(H,89,90)(H,91,92)/b25-21-,26-22-,27-23-,32-28-,37-33-,39-34-,40-35-,41-36-,46-42-,58-54-/t77-,78-,79-/m1/s1. The number of carbonyl (C=O) groups is 4. The number of esters is 4. The molecule has 2 unspecified atom stereocenters. The van der Waals surface area contributed by atoms with Gasteiger partial charge in [0.15, 0.2) is 12.2 Å². The first-order chi connectivity index (χ1) is 49.7. The van der Waals surface area contributed by atoms with E-state index in [1.165, 1.54) is 83.5 Å². The van der Waals surface area contributed by atoms with E-state index in [9.17, 15) is 43.2 Å². The lowest BCUT2D eigenvalue weighted by molar-refractivity contribution is -0.161. The van der Waals surface area contributed by atoms with Gasteiger partial charge in [-0.25, -0.2) is 9.13 Å².